The second-order valence-corrected chi connectivity index (χ2v) is 5.80. The fourth-order valence-corrected chi connectivity index (χ4v) is 2.89. The summed E-state index contributed by atoms with van der Waals surface area (Å²) in [6.07, 6.45) is 1.57. The summed E-state index contributed by atoms with van der Waals surface area (Å²) in [4.78, 5) is 12.3. The van der Waals surface area contributed by atoms with E-state index >= 15 is 0 Å². The van der Waals surface area contributed by atoms with Crippen LogP contribution in [0.2, 0.25) is 0 Å². The molecule has 0 saturated heterocycles. The maximum absolute atomic E-state index is 12.3. The topological polar surface area (TPSA) is 50.4 Å². The molecule has 0 bridgehead atoms. The third kappa shape index (κ3) is 4.49. The molecular formula is C19H23ClN2O2. The van der Waals surface area contributed by atoms with Gasteiger partial charge in [0.1, 0.15) is 5.75 Å². The molecule has 5 heteroatoms. The predicted octanol–water partition coefficient (Wildman–Crippen LogP) is 2.49. The summed E-state index contributed by atoms with van der Waals surface area (Å²) in [6.45, 7) is 1.40. The van der Waals surface area contributed by atoms with Gasteiger partial charge in [0.15, 0.2) is 0 Å². The third-order valence-electron chi connectivity index (χ3n) is 4.27. The van der Waals surface area contributed by atoms with E-state index in [-0.39, 0.29) is 24.4 Å². The maximum Gasteiger partial charge on any atom is 0.237 e. The SMILES string of the molecule is COc1ccc(CCNC(=O)C2Cc3ccccc3CN2)cc1.Cl. The number of amides is 1. The Kier molecular flexibility index (Phi) is 6.64. The lowest BCUT2D eigenvalue weighted by atomic mass is 9.95. The summed E-state index contributed by atoms with van der Waals surface area (Å²) in [6, 6.07) is 16.1. The molecule has 2 N–H and O–H groups in total. The van der Waals surface area contributed by atoms with Crippen LogP contribution in [0.5, 0.6) is 5.75 Å². The first-order valence-electron chi connectivity index (χ1n) is 7.97. The van der Waals surface area contributed by atoms with Crippen molar-refractivity contribution in [2.24, 2.45) is 0 Å². The van der Waals surface area contributed by atoms with Crippen molar-refractivity contribution in [2.45, 2.75) is 25.4 Å². The van der Waals surface area contributed by atoms with Crippen LogP contribution in [0.25, 0.3) is 0 Å². The molecule has 1 amide bonds. The lowest BCUT2D eigenvalue weighted by Gasteiger charge is -2.25. The first kappa shape index (κ1) is 18.3. The Balaban J connectivity index is 0.00000208. The minimum Gasteiger partial charge on any atom is -0.497 e. The second kappa shape index (κ2) is 8.71. The molecule has 0 saturated carbocycles. The molecule has 0 radical (unpaired) electrons. The zero-order valence-corrected chi connectivity index (χ0v) is 14.6. The fraction of sp³-hybridized carbons (Fsp3) is 0.316. The first-order valence-corrected chi connectivity index (χ1v) is 7.97. The summed E-state index contributed by atoms with van der Waals surface area (Å²) in [5.74, 6) is 0.927. The van der Waals surface area contributed by atoms with Gasteiger partial charge in [0.2, 0.25) is 5.91 Å². The molecule has 1 aliphatic heterocycles. The van der Waals surface area contributed by atoms with E-state index in [0.717, 1.165) is 25.1 Å². The number of halogens is 1. The molecule has 0 spiro atoms. The van der Waals surface area contributed by atoms with Crippen LogP contribution in [-0.2, 0) is 24.2 Å². The third-order valence-corrected chi connectivity index (χ3v) is 4.27. The van der Waals surface area contributed by atoms with E-state index in [2.05, 4.69) is 22.8 Å². The standard InChI is InChI=1S/C19H22N2O2.ClH/c1-23-17-8-6-14(7-9-17)10-11-20-19(22)18-12-15-4-2-3-5-16(15)13-21-18;/h2-9,18,21H,10-13H2,1H3,(H,20,22);1H. The number of nitrogens with one attached hydrogen (secondary N) is 2. The van der Waals surface area contributed by atoms with Crippen molar-refractivity contribution in [3.8, 4) is 5.75 Å². The van der Waals surface area contributed by atoms with Gasteiger partial charge in [0.25, 0.3) is 0 Å². The number of fused-ring (bicyclic) bond motifs is 1. The summed E-state index contributed by atoms with van der Waals surface area (Å²) >= 11 is 0. The monoisotopic (exact) mass is 346 g/mol. The molecule has 1 unspecified atom stereocenters. The van der Waals surface area contributed by atoms with Crippen LogP contribution in [0.1, 0.15) is 16.7 Å². The van der Waals surface area contributed by atoms with Crippen LogP contribution in [0.4, 0.5) is 0 Å². The predicted molar refractivity (Wildman–Crippen MR) is 97.7 cm³/mol. The van der Waals surface area contributed by atoms with Gasteiger partial charge in [-0.2, -0.15) is 0 Å². The van der Waals surface area contributed by atoms with Crippen LogP contribution < -0.4 is 15.4 Å². The van der Waals surface area contributed by atoms with Crippen molar-refractivity contribution >= 4 is 18.3 Å². The summed E-state index contributed by atoms with van der Waals surface area (Å²) in [5.41, 5.74) is 3.74. The zero-order valence-electron chi connectivity index (χ0n) is 13.7. The Labute approximate surface area is 149 Å². The molecule has 24 heavy (non-hydrogen) atoms. The summed E-state index contributed by atoms with van der Waals surface area (Å²) in [7, 11) is 1.66. The van der Waals surface area contributed by atoms with Crippen molar-refractivity contribution in [3.63, 3.8) is 0 Å². The normalized spacial score (nSPS) is 15.8. The smallest absolute Gasteiger partial charge is 0.237 e. The molecule has 0 fully saturated rings. The first-order chi connectivity index (χ1) is 11.3. The van der Waals surface area contributed by atoms with Gasteiger partial charge >= 0.3 is 0 Å². The average Bonchev–Trinajstić information content (AvgIpc) is 2.61. The van der Waals surface area contributed by atoms with Crippen molar-refractivity contribution < 1.29 is 9.53 Å². The van der Waals surface area contributed by atoms with Crippen LogP contribution in [-0.4, -0.2) is 25.6 Å². The van der Waals surface area contributed by atoms with Crippen molar-refractivity contribution in [1.29, 1.82) is 0 Å². The van der Waals surface area contributed by atoms with Gasteiger partial charge in [-0.1, -0.05) is 36.4 Å². The lowest BCUT2D eigenvalue weighted by molar-refractivity contribution is -0.123. The number of rotatable bonds is 5. The van der Waals surface area contributed by atoms with Gasteiger partial charge in [-0.15, -0.1) is 12.4 Å². The zero-order chi connectivity index (χ0) is 16.1. The van der Waals surface area contributed by atoms with E-state index in [9.17, 15) is 4.79 Å². The van der Waals surface area contributed by atoms with Crippen LogP contribution in [0.15, 0.2) is 48.5 Å². The van der Waals surface area contributed by atoms with Gasteiger partial charge in [-0.05, 0) is 41.7 Å². The number of benzene rings is 2. The largest absolute Gasteiger partial charge is 0.497 e. The molecule has 1 aliphatic rings. The molecule has 0 aliphatic carbocycles. The fourth-order valence-electron chi connectivity index (χ4n) is 2.89. The van der Waals surface area contributed by atoms with E-state index in [1.807, 2.05) is 36.4 Å². The van der Waals surface area contributed by atoms with Gasteiger partial charge in [-0.25, -0.2) is 0 Å². The van der Waals surface area contributed by atoms with E-state index in [1.54, 1.807) is 7.11 Å². The highest BCUT2D eigenvalue weighted by molar-refractivity contribution is 5.85. The second-order valence-electron chi connectivity index (χ2n) is 5.80. The highest BCUT2D eigenvalue weighted by Crippen LogP contribution is 2.16. The van der Waals surface area contributed by atoms with Crippen molar-refractivity contribution in [2.75, 3.05) is 13.7 Å². The minimum absolute atomic E-state index is 0. The number of carbonyl (C=O) groups is 1. The Morgan fingerprint density at radius 1 is 1.17 bits per heavy atom. The van der Waals surface area contributed by atoms with Gasteiger partial charge in [-0.3, -0.25) is 4.79 Å². The molecule has 128 valence electrons. The van der Waals surface area contributed by atoms with Gasteiger partial charge in [0.05, 0.1) is 13.2 Å². The Morgan fingerprint density at radius 2 is 1.88 bits per heavy atom. The lowest BCUT2D eigenvalue weighted by Crippen LogP contribution is -2.48. The Hall–Kier alpha value is -2.04. The average molecular weight is 347 g/mol. The van der Waals surface area contributed by atoms with Crippen LogP contribution >= 0.6 is 12.4 Å². The number of hydrogen-bond donors (Lipinski definition) is 2. The molecule has 1 heterocycles. The van der Waals surface area contributed by atoms with Gasteiger partial charge in [0, 0.05) is 13.1 Å². The van der Waals surface area contributed by atoms with E-state index in [4.69, 9.17) is 4.74 Å². The number of hydrogen-bond acceptors (Lipinski definition) is 3. The Bertz CT molecular complexity index is 673. The minimum atomic E-state index is -0.138. The summed E-state index contributed by atoms with van der Waals surface area (Å²) in [5, 5.41) is 6.34. The van der Waals surface area contributed by atoms with Gasteiger partial charge < -0.3 is 15.4 Å². The molecule has 2 aromatic carbocycles. The quantitative estimate of drug-likeness (QED) is 0.874. The molecule has 0 aromatic heterocycles. The number of ether oxygens (including phenoxy) is 1. The highest BCUT2D eigenvalue weighted by atomic mass is 35.5. The number of carbonyl (C=O) groups excluding carboxylic acids is 1. The van der Waals surface area contributed by atoms with Crippen molar-refractivity contribution in [3.05, 3.63) is 65.2 Å². The van der Waals surface area contributed by atoms with E-state index < -0.39 is 0 Å². The summed E-state index contributed by atoms with van der Waals surface area (Å²) < 4.78 is 5.14. The highest BCUT2D eigenvalue weighted by Gasteiger charge is 2.23. The van der Waals surface area contributed by atoms with E-state index in [1.165, 1.54) is 16.7 Å². The molecule has 4 nitrogen and oxygen atoms in total. The van der Waals surface area contributed by atoms with Crippen LogP contribution in [0.3, 0.4) is 0 Å². The maximum atomic E-state index is 12.3. The van der Waals surface area contributed by atoms with E-state index in [0.29, 0.717) is 6.54 Å². The van der Waals surface area contributed by atoms with Crippen LogP contribution in [0, 0.1) is 0 Å². The Morgan fingerprint density at radius 3 is 2.58 bits per heavy atom. The molecule has 3 rings (SSSR count). The van der Waals surface area contributed by atoms with Crippen molar-refractivity contribution in [1.82, 2.24) is 10.6 Å². The molecular weight excluding hydrogens is 324 g/mol. The molecule has 2 aromatic rings. The molecule has 1 atom stereocenters. The number of methoxy groups -OCH3 is 1.